The van der Waals surface area contributed by atoms with Crippen LogP contribution in [0.25, 0.3) is 11.0 Å². The molecule has 1 aromatic heterocycles. The summed E-state index contributed by atoms with van der Waals surface area (Å²) < 4.78 is 17.8. The Morgan fingerprint density at radius 3 is 2.86 bits per heavy atom. The summed E-state index contributed by atoms with van der Waals surface area (Å²) in [5.74, 6) is 2.74. The first-order valence-electron chi connectivity index (χ1n) is 8.08. The molecule has 0 bridgehead atoms. The zero-order chi connectivity index (χ0) is 21.0. The van der Waals surface area contributed by atoms with Crippen LogP contribution >= 0.6 is 43.5 Å². The van der Waals surface area contributed by atoms with Crippen molar-refractivity contribution in [1.82, 2.24) is 5.43 Å². The number of nitrogens with one attached hydrogen (secondary N) is 1. The molecular formula is C20H13Br2ClN2O4. The Balaban J connectivity index is 1.76. The number of fused-ring (bicyclic) bond motifs is 1. The lowest BCUT2D eigenvalue weighted by Gasteiger charge is -2.11. The van der Waals surface area contributed by atoms with Gasteiger partial charge in [-0.3, -0.25) is 4.79 Å². The number of hydrogen-bond donors (Lipinski definition) is 1. The number of furan rings is 1. The molecule has 3 aromatic rings. The molecule has 0 aliphatic rings. The third kappa shape index (κ3) is 4.93. The van der Waals surface area contributed by atoms with Gasteiger partial charge in [0.05, 0.1) is 22.8 Å². The van der Waals surface area contributed by atoms with E-state index >= 15 is 0 Å². The van der Waals surface area contributed by atoms with Gasteiger partial charge in [-0.05, 0) is 51.8 Å². The minimum absolute atomic E-state index is 0.0593. The third-order valence-corrected chi connectivity index (χ3v) is 5.02. The molecule has 0 aliphatic heterocycles. The molecule has 1 heterocycles. The molecule has 0 fully saturated rings. The molecule has 0 saturated heterocycles. The molecule has 2 aromatic carbocycles. The van der Waals surface area contributed by atoms with Crippen molar-refractivity contribution in [3.8, 4) is 23.8 Å². The van der Waals surface area contributed by atoms with Crippen LogP contribution in [0.1, 0.15) is 16.1 Å². The van der Waals surface area contributed by atoms with Crippen LogP contribution in [0.3, 0.4) is 0 Å². The second kappa shape index (κ2) is 9.35. The van der Waals surface area contributed by atoms with Gasteiger partial charge in [0.1, 0.15) is 12.2 Å². The summed E-state index contributed by atoms with van der Waals surface area (Å²) in [4.78, 5) is 12.3. The number of ether oxygens (including phenoxy) is 2. The standard InChI is InChI=1S/C20H13Br2ClN2O4/c1-3-4-28-19-15(23)5-11(6-16(19)27-2)10-24-25-20(26)17-8-12-7-13(21)9-14(22)18(12)29-17/h1,5-10H,4H2,2H3,(H,25,26)/b24-10-. The lowest BCUT2D eigenvalue weighted by Crippen LogP contribution is -2.16. The summed E-state index contributed by atoms with van der Waals surface area (Å²) in [6.45, 7) is 0.0593. The molecule has 0 aliphatic carbocycles. The first-order valence-corrected chi connectivity index (χ1v) is 10.0. The fraction of sp³-hybridized carbons (Fsp3) is 0.100. The van der Waals surface area contributed by atoms with Gasteiger partial charge in [0, 0.05) is 9.86 Å². The van der Waals surface area contributed by atoms with Crippen molar-refractivity contribution in [1.29, 1.82) is 0 Å². The maximum absolute atomic E-state index is 12.3. The number of terminal acetylenes is 1. The molecule has 0 unspecified atom stereocenters. The van der Waals surface area contributed by atoms with Gasteiger partial charge in [-0.15, -0.1) is 6.42 Å². The van der Waals surface area contributed by atoms with E-state index in [0.29, 0.717) is 27.7 Å². The van der Waals surface area contributed by atoms with Crippen LogP contribution in [-0.2, 0) is 0 Å². The van der Waals surface area contributed by atoms with E-state index in [1.807, 2.05) is 12.1 Å². The van der Waals surface area contributed by atoms with Crippen molar-refractivity contribution < 1.29 is 18.7 Å². The maximum Gasteiger partial charge on any atom is 0.307 e. The summed E-state index contributed by atoms with van der Waals surface area (Å²) in [5.41, 5.74) is 3.58. The van der Waals surface area contributed by atoms with Crippen molar-refractivity contribution in [2.24, 2.45) is 5.10 Å². The van der Waals surface area contributed by atoms with E-state index in [4.69, 9.17) is 31.9 Å². The van der Waals surface area contributed by atoms with Crippen LogP contribution < -0.4 is 14.9 Å². The van der Waals surface area contributed by atoms with Gasteiger partial charge in [0.25, 0.3) is 0 Å². The fourth-order valence-corrected chi connectivity index (χ4v) is 4.09. The Bertz CT molecular complexity index is 1150. The van der Waals surface area contributed by atoms with Gasteiger partial charge >= 0.3 is 5.91 Å². The topological polar surface area (TPSA) is 73.1 Å². The van der Waals surface area contributed by atoms with Gasteiger partial charge in [-0.25, -0.2) is 5.43 Å². The second-order valence-corrected chi connectivity index (χ2v) is 7.82. The number of rotatable bonds is 6. The predicted molar refractivity (Wildman–Crippen MR) is 119 cm³/mol. The Labute approximate surface area is 188 Å². The highest BCUT2D eigenvalue weighted by Crippen LogP contribution is 2.36. The molecule has 29 heavy (non-hydrogen) atoms. The molecular weight excluding hydrogens is 527 g/mol. The Morgan fingerprint density at radius 2 is 2.14 bits per heavy atom. The monoisotopic (exact) mass is 538 g/mol. The molecule has 0 saturated carbocycles. The van der Waals surface area contributed by atoms with Crippen LogP contribution in [0.4, 0.5) is 0 Å². The highest BCUT2D eigenvalue weighted by Gasteiger charge is 2.15. The Hall–Kier alpha value is -2.47. The minimum atomic E-state index is -0.493. The molecule has 0 spiro atoms. The van der Waals surface area contributed by atoms with Gasteiger partial charge in [-0.1, -0.05) is 33.5 Å². The summed E-state index contributed by atoms with van der Waals surface area (Å²) in [5, 5.41) is 5.03. The third-order valence-electron chi connectivity index (χ3n) is 3.69. The zero-order valence-corrected chi connectivity index (χ0v) is 18.9. The molecule has 1 amide bonds. The Kier molecular flexibility index (Phi) is 6.85. The average molecular weight is 541 g/mol. The van der Waals surface area contributed by atoms with Gasteiger partial charge in [0.15, 0.2) is 17.3 Å². The minimum Gasteiger partial charge on any atom is -0.493 e. The zero-order valence-electron chi connectivity index (χ0n) is 15.0. The number of hydrazone groups is 1. The van der Waals surface area contributed by atoms with E-state index in [0.717, 1.165) is 14.3 Å². The average Bonchev–Trinajstić information content (AvgIpc) is 3.11. The van der Waals surface area contributed by atoms with Crippen molar-refractivity contribution >= 4 is 66.6 Å². The van der Waals surface area contributed by atoms with Crippen LogP contribution in [0.15, 0.2) is 48.8 Å². The van der Waals surface area contributed by atoms with E-state index in [9.17, 15) is 4.79 Å². The smallest absolute Gasteiger partial charge is 0.307 e. The number of amides is 1. The lowest BCUT2D eigenvalue weighted by molar-refractivity contribution is 0.0929. The SMILES string of the molecule is C#CCOc1c(Cl)cc(/C=N\NC(=O)c2cc3cc(Br)cc(Br)c3o2)cc1OC. The number of benzene rings is 2. The van der Waals surface area contributed by atoms with E-state index in [-0.39, 0.29) is 12.4 Å². The van der Waals surface area contributed by atoms with Gasteiger partial charge < -0.3 is 13.9 Å². The molecule has 1 N–H and O–H groups in total. The number of carbonyl (C=O) groups excluding carboxylic acids is 1. The van der Waals surface area contributed by atoms with E-state index in [1.54, 1.807) is 18.2 Å². The van der Waals surface area contributed by atoms with Crippen LogP contribution in [-0.4, -0.2) is 25.8 Å². The van der Waals surface area contributed by atoms with Crippen molar-refractivity contribution in [2.75, 3.05) is 13.7 Å². The molecule has 3 rings (SSSR count). The number of methoxy groups -OCH3 is 1. The van der Waals surface area contributed by atoms with Crippen LogP contribution in [0.5, 0.6) is 11.5 Å². The van der Waals surface area contributed by atoms with Crippen molar-refractivity contribution in [3.05, 3.63) is 55.6 Å². The summed E-state index contributed by atoms with van der Waals surface area (Å²) in [6, 6.07) is 8.58. The van der Waals surface area contributed by atoms with Crippen LogP contribution in [0, 0.1) is 12.3 Å². The van der Waals surface area contributed by atoms with E-state index in [1.165, 1.54) is 13.3 Å². The summed E-state index contributed by atoms with van der Waals surface area (Å²) in [7, 11) is 1.48. The lowest BCUT2D eigenvalue weighted by atomic mass is 10.2. The first kappa shape index (κ1) is 21.2. The Morgan fingerprint density at radius 1 is 1.34 bits per heavy atom. The summed E-state index contributed by atoms with van der Waals surface area (Å²) >= 11 is 13.0. The summed E-state index contributed by atoms with van der Waals surface area (Å²) in [6.07, 6.45) is 6.62. The highest BCUT2D eigenvalue weighted by molar-refractivity contribution is 9.11. The van der Waals surface area contributed by atoms with Gasteiger partial charge in [0.2, 0.25) is 0 Å². The predicted octanol–water partition coefficient (Wildman–Crippen LogP) is 5.40. The molecule has 0 atom stereocenters. The highest BCUT2D eigenvalue weighted by atomic mass is 79.9. The number of carbonyl (C=O) groups is 1. The second-order valence-electron chi connectivity index (χ2n) is 5.64. The fourth-order valence-electron chi connectivity index (χ4n) is 2.48. The van der Waals surface area contributed by atoms with Crippen molar-refractivity contribution in [3.63, 3.8) is 0 Å². The normalized spacial score (nSPS) is 10.9. The van der Waals surface area contributed by atoms with Crippen molar-refractivity contribution in [2.45, 2.75) is 0 Å². The number of hydrogen-bond acceptors (Lipinski definition) is 5. The number of nitrogens with zero attached hydrogens (tertiary/aromatic N) is 1. The van der Waals surface area contributed by atoms with E-state index < -0.39 is 5.91 Å². The first-order chi connectivity index (χ1) is 13.9. The number of halogens is 3. The van der Waals surface area contributed by atoms with E-state index in [2.05, 4.69) is 48.3 Å². The van der Waals surface area contributed by atoms with Gasteiger partial charge in [-0.2, -0.15) is 5.10 Å². The van der Waals surface area contributed by atoms with Crippen LogP contribution in [0.2, 0.25) is 5.02 Å². The molecule has 148 valence electrons. The maximum atomic E-state index is 12.3. The molecule has 0 radical (unpaired) electrons. The quantitative estimate of drug-likeness (QED) is 0.258. The molecule has 9 heteroatoms. The molecule has 6 nitrogen and oxygen atoms in total. The largest absolute Gasteiger partial charge is 0.493 e.